The molecule has 1 aromatic heterocycles. The summed E-state index contributed by atoms with van der Waals surface area (Å²) < 4.78 is 11.4. The number of hydrogen-bond acceptors (Lipinski definition) is 4. The molecule has 0 radical (unpaired) electrons. The lowest BCUT2D eigenvalue weighted by Crippen LogP contribution is -2.01. The van der Waals surface area contributed by atoms with Gasteiger partial charge in [0.2, 0.25) is 0 Å². The first kappa shape index (κ1) is 24.9. The van der Waals surface area contributed by atoms with E-state index in [0.29, 0.717) is 6.61 Å². The predicted octanol–water partition coefficient (Wildman–Crippen LogP) is 7.52. The number of aryl methyl sites for hydroxylation is 1. The van der Waals surface area contributed by atoms with E-state index < -0.39 is 0 Å². The highest BCUT2D eigenvalue weighted by Crippen LogP contribution is 2.23. The monoisotopic (exact) mass is 446 g/mol. The molecule has 4 nitrogen and oxygen atoms in total. The maximum atomic E-state index is 5.86. The number of benzene rings is 2. The number of nitrogens with zero attached hydrogens (tertiary/aromatic N) is 2. The molecule has 3 aromatic rings. The van der Waals surface area contributed by atoms with Gasteiger partial charge in [0.05, 0.1) is 6.61 Å². The maximum absolute atomic E-state index is 5.86. The van der Waals surface area contributed by atoms with Crippen molar-refractivity contribution >= 4 is 0 Å². The van der Waals surface area contributed by atoms with Gasteiger partial charge in [0.1, 0.15) is 5.75 Å². The van der Waals surface area contributed by atoms with E-state index in [-0.39, 0.29) is 0 Å². The molecule has 4 heteroatoms. The van der Waals surface area contributed by atoms with Crippen molar-refractivity contribution in [1.29, 1.82) is 0 Å². The molecule has 0 amide bonds. The highest BCUT2D eigenvalue weighted by atomic mass is 16.5. The molecule has 0 saturated carbocycles. The number of hydrogen-bond donors (Lipinski definition) is 0. The van der Waals surface area contributed by atoms with Crippen LogP contribution in [0.4, 0.5) is 0 Å². The van der Waals surface area contributed by atoms with Crippen LogP contribution in [0.5, 0.6) is 5.75 Å². The van der Waals surface area contributed by atoms with Gasteiger partial charge in [0, 0.05) is 36.7 Å². The third-order valence-corrected chi connectivity index (χ3v) is 5.71. The Morgan fingerprint density at radius 2 is 1.24 bits per heavy atom. The first-order valence-corrected chi connectivity index (χ1v) is 12.5. The summed E-state index contributed by atoms with van der Waals surface area (Å²) in [7, 11) is 0. The van der Waals surface area contributed by atoms with Crippen molar-refractivity contribution in [2.75, 3.05) is 19.8 Å². The summed E-state index contributed by atoms with van der Waals surface area (Å²) in [6.07, 6.45) is 13.1. The smallest absolute Gasteiger partial charge is 0.159 e. The Hall–Kier alpha value is -2.72. The molecule has 0 bridgehead atoms. The van der Waals surface area contributed by atoms with Crippen molar-refractivity contribution in [1.82, 2.24) is 9.97 Å². The van der Waals surface area contributed by atoms with Crippen molar-refractivity contribution in [3.8, 4) is 28.3 Å². The second-order valence-corrected chi connectivity index (χ2v) is 8.50. The quantitative estimate of drug-likeness (QED) is 0.226. The number of ether oxygens (including phenoxy) is 2. The number of rotatable bonds is 15. The van der Waals surface area contributed by atoms with Crippen LogP contribution in [0.2, 0.25) is 0 Å². The zero-order valence-electron chi connectivity index (χ0n) is 20.3. The lowest BCUT2D eigenvalue weighted by molar-refractivity contribution is 0.123. The molecule has 0 atom stereocenters. The Morgan fingerprint density at radius 1 is 0.606 bits per heavy atom. The molecule has 1 heterocycles. The molecular formula is C29H38N2O2. The molecule has 0 fully saturated rings. The summed E-state index contributed by atoms with van der Waals surface area (Å²) in [5.41, 5.74) is 4.53. The molecule has 176 valence electrons. The number of aromatic nitrogens is 2. The van der Waals surface area contributed by atoms with Crippen molar-refractivity contribution in [2.45, 2.75) is 65.2 Å². The van der Waals surface area contributed by atoms with E-state index in [9.17, 15) is 0 Å². The predicted molar refractivity (Wildman–Crippen MR) is 137 cm³/mol. The minimum atomic E-state index is 0.714. The molecule has 33 heavy (non-hydrogen) atoms. The summed E-state index contributed by atoms with van der Waals surface area (Å²) in [4.78, 5) is 9.19. The SMILES string of the molecule is CCCCCc1ccc(-c2ncc(-c3ccc(OCCCCOCCCC)cc3)cn2)cc1. The van der Waals surface area contributed by atoms with Gasteiger partial charge in [-0.1, -0.05) is 69.5 Å². The fourth-order valence-electron chi connectivity index (χ4n) is 3.61. The molecule has 0 unspecified atom stereocenters. The van der Waals surface area contributed by atoms with Gasteiger partial charge in [-0.05, 0) is 55.4 Å². The minimum absolute atomic E-state index is 0.714. The zero-order chi connectivity index (χ0) is 23.1. The van der Waals surface area contributed by atoms with Crippen LogP contribution in [-0.4, -0.2) is 29.8 Å². The normalized spacial score (nSPS) is 11.0. The van der Waals surface area contributed by atoms with Gasteiger partial charge in [-0.25, -0.2) is 9.97 Å². The Balaban J connectivity index is 1.45. The summed E-state index contributed by atoms with van der Waals surface area (Å²) >= 11 is 0. The van der Waals surface area contributed by atoms with E-state index >= 15 is 0 Å². The van der Waals surface area contributed by atoms with E-state index in [0.717, 1.165) is 67.2 Å². The average Bonchev–Trinajstić information content (AvgIpc) is 2.87. The van der Waals surface area contributed by atoms with Crippen LogP contribution in [0.25, 0.3) is 22.5 Å². The summed E-state index contributed by atoms with van der Waals surface area (Å²) in [5, 5.41) is 0. The lowest BCUT2D eigenvalue weighted by atomic mass is 10.0. The van der Waals surface area contributed by atoms with Crippen LogP contribution in [0.1, 0.15) is 64.4 Å². The summed E-state index contributed by atoms with van der Waals surface area (Å²) in [6, 6.07) is 16.8. The molecule has 0 saturated heterocycles. The molecule has 3 rings (SSSR count). The molecule has 0 aliphatic heterocycles. The Labute approximate surface area is 199 Å². The third kappa shape index (κ3) is 8.62. The van der Waals surface area contributed by atoms with E-state index in [1.807, 2.05) is 24.5 Å². The fraction of sp³-hybridized carbons (Fsp3) is 0.448. The molecule has 0 spiro atoms. The van der Waals surface area contributed by atoms with Crippen LogP contribution in [0, 0.1) is 0 Å². The van der Waals surface area contributed by atoms with E-state index in [4.69, 9.17) is 9.47 Å². The largest absolute Gasteiger partial charge is 0.494 e. The van der Waals surface area contributed by atoms with Gasteiger partial charge in [-0.15, -0.1) is 0 Å². The highest BCUT2D eigenvalue weighted by Gasteiger charge is 2.05. The first-order chi connectivity index (χ1) is 16.3. The fourth-order valence-corrected chi connectivity index (χ4v) is 3.61. The van der Waals surface area contributed by atoms with Gasteiger partial charge < -0.3 is 9.47 Å². The zero-order valence-corrected chi connectivity index (χ0v) is 20.3. The van der Waals surface area contributed by atoms with Crippen LogP contribution >= 0.6 is 0 Å². The summed E-state index contributed by atoms with van der Waals surface area (Å²) in [6.45, 7) is 6.82. The van der Waals surface area contributed by atoms with Gasteiger partial charge in [-0.3, -0.25) is 0 Å². The lowest BCUT2D eigenvalue weighted by Gasteiger charge is -2.08. The Kier molecular flexibility index (Phi) is 10.9. The Bertz CT molecular complexity index is 906. The first-order valence-electron chi connectivity index (χ1n) is 12.5. The minimum Gasteiger partial charge on any atom is -0.494 e. The Morgan fingerprint density at radius 3 is 1.94 bits per heavy atom. The topological polar surface area (TPSA) is 44.2 Å². The molecule has 0 aliphatic rings. The van der Waals surface area contributed by atoms with Crippen LogP contribution in [0.15, 0.2) is 60.9 Å². The van der Waals surface area contributed by atoms with Crippen molar-refractivity contribution < 1.29 is 9.47 Å². The van der Waals surface area contributed by atoms with Crippen LogP contribution in [-0.2, 0) is 11.2 Å². The van der Waals surface area contributed by atoms with Crippen molar-refractivity contribution in [3.63, 3.8) is 0 Å². The van der Waals surface area contributed by atoms with Gasteiger partial charge >= 0.3 is 0 Å². The molecule has 0 aliphatic carbocycles. The third-order valence-electron chi connectivity index (χ3n) is 5.71. The van der Waals surface area contributed by atoms with E-state index in [1.165, 1.54) is 31.2 Å². The van der Waals surface area contributed by atoms with Crippen molar-refractivity contribution in [3.05, 3.63) is 66.5 Å². The van der Waals surface area contributed by atoms with Gasteiger partial charge in [0.25, 0.3) is 0 Å². The second kappa shape index (κ2) is 14.4. The van der Waals surface area contributed by atoms with Gasteiger partial charge in [0.15, 0.2) is 5.82 Å². The maximum Gasteiger partial charge on any atom is 0.159 e. The average molecular weight is 447 g/mol. The highest BCUT2D eigenvalue weighted by molar-refractivity contribution is 5.64. The molecule has 0 N–H and O–H groups in total. The van der Waals surface area contributed by atoms with E-state index in [1.54, 1.807) is 0 Å². The molecular weight excluding hydrogens is 408 g/mol. The second-order valence-electron chi connectivity index (χ2n) is 8.50. The molecule has 2 aromatic carbocycles. The van der Waals surface area contributed by atoms with Crippen LogP contribution < -0.4 is 4.74 Å². The van der Waals surface area contributed by atoms with Crippen molar-refractivity contribution in [2.24, 2.45) is 0 Å². The standard InChI is InChI=1S/C29H38N2O2/c1-3-5-7-10-24-11-13-26(14-12-24)29-30-22-27(23-31-29)25-15-17-28(18-16-25)33-21-9-8-20-32-19-6-4-2/h11-18,22-23H,3-10,19-21H2,1-2H3. The summed E-state index contributed by atoms with van der Waals surface area (Å²) in [5.74, 6) is 1.65. The van der Waals surface area contributed by atoms with Crippen LogP contribution in [0.3, 0.4) is 0 Å². The van der Waals surface area contributed by atoms with E-state index in [2.05, 4.69) is 60.2 Å². The number of unbranched alkanes of at least 4 members (excludes halogenated alkanes) is 4. The van der Waals surface area contributed by atoms with Gasteiger partial charge in [-0.2, -0.15) is 0 Å².